The van der Waals surface area contributed by atoms with Crippen LogP contribution in [0.4, 0.5) is 0 Å². The van der Waals surface area contributed by atoms with E-state index in [2.05, 4.69) is 33.8 Å². The molecule has 0 aromatic heterocycles. The van der Waals surface area contributed by atoms with Crippen LogP contribution >= 0.6 is 0 Å². The van der Waals surface area contributed by atoms with Gasteiger partial charge < -0.3 is 19.7 Å². The van der Waals surface area contributed by atoms with E-state index in [1.54, 1.807) is 12.1 Å². The summed E-state index contributed by atoms with van der Waals surface area (Å²) in [4.78, 5) is 15.9. The molecule has 4 rings (SSSR count). The standard InChI is InChI=1S/C26H29NO5/c1-6-31-20-12-17-13-25(2,3)27-23(22(17)18-14-26(4,5)32-24(18)20)16-8-7-15(19(28)11-16)9-10-21(29)30/h7-12,28H,6,13-14H2,1-5H3,(H,29,30). The number of hydrogen-bond donors (Lipinski definition) is 2. The van der Waals surface area contributed by atoms with Crippen LogP contribution in [0.25, 0.3) is 6.08 Å². The second-order valence-corrected chi connectivity index (χ2v) is 9.58. The molecule has 2 aromatic carbocycles. The highest BCUT2D eigenvalue weighted by Crippen LogP contribution is 2.48. The van der Waals surface area contributed by atoms with Crippen LogP contribution in [0.15, 0.2) is 35.3 Å². The van der Waals surface area contributed by atoms with Crippen molar-refractivity contribution >= 4 is 17.8 Å². The molecule has 0 amide bonds. The molecule has 2 aliphatic heterocycles. The lowest BCUT2D eigenvalue weighted by Crippen LogP contribution is -2.30. The third-order valence-electron chi connectivity index (χ3n) is 5.69. The highest BCUT2D eigenvalue weighted by molar-refractivity contribution is 6.16. The zero-order chi connectivity index (χ0) is 23.3. The summed E-state index contributed by atoms with van der Waals surface area (Å²) in [6.45, 7) is 10.8. The van der Waals surface area contributed by atoms with E-state index in [9.17, 15) is 9.90 Å². The number of aliphatic carboxylic acids is 1. The first-order chi connectivity index (χ1) is 15.0. The maximum atomic E-state index is 10.8. The topological polar surface area (TPSA) is 88.4 Å². The molecular formula is C26H29NO5. The minimum atomic E-state index is -1.07. The van der Waals surface area contributed by atoms with Crippen molar-refractivity contribution < 1.29 is 24.5 Å². The van der Waals surface area contributed by atoms with Gasteiger partial charge in [0, 0.05) is 34.8 Å². The van der Waals surface area contributed by atoms with E-state index < -0.39 is 5.97 Å². The fraction of sp³-hybridized carbons (Fsp3) is 0.385. The molecule has 2 N–H and O–H groups in total. The fourth-order valence-corrected chi connectivity index (χ4v) is 4.53. The number of phenols is 1. The largest absolute Gasteiger partial charge is 0.507 e. The Balaban J connectivity index is 1.89. The van der Waals surface area contributed by atoms with Gasteiger partial charge in [0.25, 0.3) is 0 Å². The predicted molar refractivity (Wildman–Crippen MR) is 124 cm³/mol. The minimum absolute atomic E-state index is 0.00629. The van der Waals surface area contributed by atoms with E-state index in [1.807, 2.05) is 13.0 Å². The third kappa shape index (κ3) is 4.09. The van der Waals surface area contributed by atoms with E-state index in [-0.39, 0.29) is 16.9 Å². The Labute approximate surface area is 188 Å². The van der Waals surface area contributed by atoms with Crippen molar-refractivity contribution in [1.82, 2.24) is 0 Å². The van der Waals surface area contributed by atoms with Crippen LogP contribution in [0.1, 0.15) is 62.4 Å². The third-order valence-corrected chi connectivity index (χ3v) is 5.69. The molecule has 2 aliphatic rings. The number of rotatable bonds is 5. The number of ether oxygens (including phenoxy) is 2. The summed E-state index contributed by atoms with van der Waals surface area (Å²) in [5.74, 6) is 0.477. The number of carboxylic acid groups (broad SMARTS) is 1. The first-order valence-electron chi connectivity index (χ1n) is 10.8. The lowest BCUT2D eigenvalue weighted by Gasteiger charge is -2.31. The predicted octanol–water partition coefficient (Wildman–Crippen LogP) is 4.77. The molecule has 0 radical (unpaired) electrons. The molecule has 0 unspecified atom stereocenters. The Morgan fingerprint density at radius 2 is 1.97 bits per heavy atom. The number of hydrogen-bond acceptors (Lipinski definition) is 5. The Morgan fingerprint density at radius 1 is 1.22 bits per heavy atom. The Morgan fingerprint density at radius 3 is 2.62 bits per heavy atom. The summed E-state index contributed by atoms with van der Waals surface area (Å²) in [6.07, 6.45) is 3.89. The number of fused-ring (bicyclic) bond motifs is 3. The average molecular weight is 436 g/mol. The lowest BCUT2D eigenvalue weighted by molar-refractivity contribution is -0.131. The fourth-order valence-electron chi connectivity index (χ4n) is 4.53. The second-order valence-electron chi connectivity index (χ2n) is 9.58. The molecule has 0 saturated heterocycles. The van der Waals surface area contributed by atoms with Gasteiger partial charge in [-0.25, -0.2) is 4.79 Å². The minimum Gasteiger partial charge on any atom is -0.507 e. The van der Waals surface area contributed by atoms with Crippen LogP contribution in [-0.2, 0) is 17.6 Å². The van der Waals surface area contributed by atoms with Gasteiger partial charge >= 0.3 is 5.97 Å². The Bertz CT molecular complexity index is 1160. The molecule has 32 heavy (non-hydrogen) atoms. The number of aliphatic imine (C=N–C) groups is 1. The van der Waals surface area contributed by atoms with E-state index in [0.29, 0.717) is 12.2 Å². The Kier molecular flexibility index (Phi) is 5.27. The highest BCUT2D eigenvalue weighted by Gasteiger charge is 2.39. The number of carbonyl (C=O) groups is 1. The van der Waals surface area contributed by atoms with Crippen molar-refractivity contribution in [3.8, 4) is 17.2 Å². The second kappa shape index (κ2) is 7.69. The van der Waals surface area contributed by atoms with Crippen molar-refractivity contribution in [2.75, 3.05) is 6.61 Å². The number of nitrogens with zero attached hydrogens (tertiary/aromatic N) is 1. The van der Waals surface area contributed by atoms with Crippen molar-refractivity contribution in [1.29, 1.82) is 0 Å². The quantitative estimate of drug-likeness (QED) is 0.660. The molecule has 0 fully saturated rings. The monoisotopic (exact) mass is 435 g/mol. The number of benzene rings is 2. The van der Waals surface area contributed by atoms with Crippen LogP contribution < -0.4 is 9.47 Å². The summed E-state index contributed by atoms with van der Waals surface area (Å²) in [5, 5.41) is 19.4. The van der Waals surface area contributed by atoms with Gasteiger partial charge in [0.15, 0.2) is 11.5 Å². The molecule has 168 valence electrons. The normalized spacial score (nSPS) is 18.0. The molecule has 0 aliphatic carbocycles. The lowest BCUT2D eigenvalue weighted by atomic mass is 9.81. The summed E-state index contributed by atoms with van der Waals surface area (Å²) in [5.41, 5.74) is 4.62. The zero-order valence-electron chi connectivity index (χ0n) is 19.2. The molecule has 6 nitrogen and oxygen atoms in total. The maximum absolute atomic E-state index is 10.8. The number of phenolic OH excluding ortho intramolecular Hbond substituents is 1. The van der Waals surface area contributed by atoms with Gasteiger partial charge in [0.2, 0.25) is 0 Å². The Hall–Kier alpha value is -3.28. The van der Waals surface area contributed by atoms with Crippen molar-refractivity contribution in [3.05, 3.63) is 58.2 Å². The molecule has 0 atom stereocenters. The van der Waals surface area contributed by atoms with E-state index in [1.165, 1.54) is 6.08 Å². The molecular weight excluding hydrogens is 406 g/mol. The van der Waals surface area contributed by atoms with Gasteiger partial charge in [0.05, 0.1) is 17.9 Å². The van der Waals surface area contributed by atoms with Crippen LogP contribution in [0, 0.1) is 0 Å². The van der Waals surface area contributed by atoms with Crippen LogP contribution in [0.3, 0.4) is 0 Å². The van der Waals surface area contributed by atoms with Crippen molar-refractivity contribution in [2.45, 2.75) is 58.6 Å². The van der Waals surface area contributed by atoms with Gasteiger partial charge in [-0.3, -0.25) is 4.99 Å². The SMILES string of the molecule is CCOc1cc2c(c3c1OC(C)(C)C3)C(c1ccc(C=CC(=O)O)c(O)c1)=NC(C)(C)C2. The van der Waals surface area contributed by atoms with Crippen LogP contribution in [0.5, 0.6) is 17.2 Å². The first-order valence-corrected chi connectivity index (χ1v) is 10.8. The zero-order valence-corrected chi connectivity index (χ0v) is 19.2. The molecule has 2 heterocycles. The summed E-state index contributed by atoms with van der Waals surface area (Å²) in [7, 11) is 0. The first kappa shape index (κ1) is 21.9. The highest BCUT2D eigenvalue weighted by atomic mass is 16.5. The summed E-state index contributed by atoms with van der Waals surface area (Å²) in [6, 6.07) is 7.30. The van der Waals surface area contributed by atoms with E-state index in [0.717, 1.165) is 58.4 Å². The van der Waals surface area contributed by atoms with E-state index >= 15 is 0 Å². The molecule has 2 aromatic rings. The van der Waals surface area contributed by atoms with Crippen LogP contribution in [0.2, 0.25) is 0 Å². The smallest absolute Gasteiger partial charge is 0.328 e. The number of carboxylic acids is 1. The van der Waals surface area contributed by atoms with Crippen molar-refractivity contribution in [2.24, 2.45) is 4.99 Å². The van der Waals surface area contributed by atoms with Gasteiger partial charge in [-0.1, -0.05) is 12.1 Å². The summed E-state index contributed by atoms with van der Waals surface area (Å²) >= 11 is 0. The average Bonchev–Trinajstić information content (AvgIpc) is 3.01. The summed E-state index contributed by atoms with van der Waals surface area (Å²) < 4.78 is 12.2. The molecule has 0 saturated carbocycles. The van der Waals surface area contributed by atoms with Gasteiger partial charge in [-0.2, -0.15) is 0 Å². The molecule has 0 bridgehead atoms. The van der Waals surface area contributed by atoms with Crippen molar-refractivity contribution in [3.63, 3.8) is 0 Å². The van der Waals surface area contributed by atoms with Gasteiger partial charge in [-0.05, 0) is 64.8 Å². The van der Waals surface area contributed by atoms with Crippen LogP contribution in [-0.4, -0.2) is 39.6 Å². The molecule has 6 heteroatoms. The molecule has 0 spiro atoms. The van der Waals surface area contributed by atoms with Gasteiger partial charge in [0.1, 0.15) is 11.4 Å². The van der Waals surface area contributed by atoms with Gasteiger partial charge in [-0.15, -0.1) is 0 Å². The number of aromatic hydroxyl groups is 1. The van der Waals surface area contributed by atoms with E-state index in [4.69, 9.17) is 19.6 Å². The maximum Gasteiger partial charge on any atom is 0.328 e.